The molecule has 3 nitrogen and oxygen atoms in total. The number of nitrogens with one attached hydrogen (secondary N) is 1. The van der Waals surface area contributed by atoms with Gasteiger partial charge in [0.1, 0.15) is 0 Å². The molecular formula is C16H27N3. The van der Waals surface area contributed by atoms with Crippen molar-refractivity contribution in [3.05, 3.63) is 24.0 Å². The van der Waals surface area contributed by atoms with E-state index >= 15 is 0 Å². The number of anilines is 1. The van der Waals surface area contributed by atoms with E-state index in [0.717, 1.165) is 18.9 Å². The van der Waals surface area contributed by atoms with E-state index in [1.807, 2.05) is 6.20 Å². The smallest absolute Gasteiger partial charge is 0.0574 e. The molecule has 2 atom stereocenters. The summed E-state index contributed by atoms with van der Waals surface area (Å²) in [4.78, 5) is 7.11. The van der Waals surface area contributed by atoms with E-state index in [4.69, 9.17) is 0 Å². The summed E-state index contributed by atoms with van der Waals surface area (Å²) >= 11 is 0. The average molecular weight is 261 g/mol. The second-order valence-corrected chi connectivity index (χ2v) is 5.70. The highest BCUT2D eigenvalue weighted by atomic mass is 15.2. The Hall–Kier alpha value is -1.09. The maximum Gasteiger partial charge on any atom is 0.0574 e. The summed E-state index contributed by atoms with van der Waals surface area (Å²) in [5.74, 6) is 0.814. The third-order valence-corrected chi connectivity index (χ3v) is 3.97. The van der Waals surface area contributed by atoms with Crippen LogP contribution < -0.4 is 10.2 Å². The molecule has 1 aliphatic rings. The van der Waals surface area contributed by atoms with Gasteiger partial charge < -0.3 is 10.2 Å². The Kier molecular flexibility index (Phi) is 5.20. The van der Waals surface area contributed by atoms with Gasteiger partial charge in [0.25, 0.3) is 0 Å². The van der Waals surface area contributed by atoms with Crippen LogP contribution in [0.5, 0.6) is 0 Å². The molecule has 0 radical (unpaired) electrons. The standard InChI is InChI=1S/C16H27N3/c1-4-9-17-15(5-2)16-7-6-14(11-18-16)19-10-8-13(3)12-19/h6-7,11,13,15,17H,4-5,8-10,12H2,1-3H3. The van der Waals surface area contributed by atoms with Gasteiger partial charge in [0.15, 0.2) is 0 Å². The Morgan fingerprint density at radius 1 is 1.42 bits per heavy atom. The van der Waals surface area contributed by atoms with Crippen LogP contribution in [-0.2, 0) is 0 Å². The summed E-state index contributed by atoms with van der Waals surface area (Å²) in [6.07, 6.45) is 5.61. The Morgan fingerprint density at radius 2 is 2.26 bits per heavy atom. The first kappa shape index (κ1) is 14.3. The minimum atomic E-state index is 0.395. The van der Waals surface area contributed by atoms with Crippen molar-refractivity contribution in [3.8, 4) is 0 Å². The quantitative estimate of drug-likeness (QED) is 0.851. The lowest BCUT2D eigenvalue weighted by Gasteiger charge is -2.20. The van der Waals surface area contributed by atoms with Gasteiger partial charge in [-0.3, -0.25) is 4.98 Å². The minimum Gasteiger partial charge on any atom is -0.370 e. The normalized spacial score (nSPS) is 20.8. The Labute approximate surface area is 117 Å². The molecule has 3 heteroatoms. The molecule has 1 aliphatic heterocycles. The van der Waals surface area contributed by atoms with Gasteiger partial charge in [0, 0.05) is 19.1 Å². The number of rotatable bonds is 6. The van der Waals surface area contributed by atoms with Crippen LogP contribution in [-0.4, -0.2) is 24.6 Å². The molecule has 0 amide bonds. The first-order chi connectivity index (χ1) is 9.24. The summed E-state index contributed by atoms with van der Waals surface area (Å²) in [5, 5.41) is 3.56. The van der Waals surface area contributed by atoms with Crippen LogP contribution in [0.25, 0.3) is 0 Å². The molecule has 2 rings (SSSR count). The van der Waals surface area contributed by atoms with Crippen LogP contribution in [0.1, 0.15) is 51.8 Å². The highest BCUT2D eigenvalue weighted by Gasteiger charge is 2.19. The Bertz CT molecular complexity index is 374. The number of pyridine rings is 1. The predicted molar refractivity (Wildman–Crippen MR) is 81.6 cm³/mol. The van der Waals surface area contributed by atoms with Crippen LogP contribution in [0, 0.1) is 5.92 Å². The number of nitrogens with zero attached hydrogens (tertiary/aromatic N) is 2. The molecule has 1 aromatic heterocycles. The van der Waals surface area contributed by atoms with Gasteiger partial charge in [-0.15, -0.1) is 0 Å². The molecule has 106 valence electrons. The minimum absolute atomic E-state index is 0.395. The van der Waals surface area contributed by atoms with Crippen LogP contribution in [0.4, 0.5) is 5.69 Å². The second kappa shape index (κ2) is 6.90. The van der Waals surface area contributed by atoms with Crippen molar-refractivity contribution in [2.45, 2.75) is 46.1 Å². The van der Waals surface area contributed by atoms with E-state index in [1.165, 1.54) is 37.3 Å². The van der Waals surface area contributed by atoms with E-state index in [1.54, 1.807) is 0 Å². The van der Waals surface area contributed by atoms with Crippen molar-refractivity contribution >= 4 is 5.69 Å². The zero-order valence-corrected chi connectivity index (χ0v) is 12.5. The molecule has 0 spiro atoms. The van der Waals surface area contributed by atoms with Crippen molar-refractivity contribution in [1.29, 1.82) is 0 Å². The van der Waals surface area contributed by atoms with Crippen LogP contribution >= 0.6 is 0 Å². The van der Waals surface area contributed by atoms with Crippen molar-refractivity contribution in [1.82, 2.24) is 10.3 Å². The monoisotopic (exact) mass is 261 g/mol. The van der Waals surface area contributed by atoms with Gasteiger partial charge in [-0.1, -0.05) is 20.8 Å². The highest BCUT2D eigenvalue weighted by molar-refractivity contribution is 5.45. The molecule has 1 fully saturated rings. The second-order valence-electron chi connectivity index (χ2n) is 5.70. The van der Waals surface area contributed by atoms with Gasteiger partial charge in [0.2, 0.25) is 0 Å². The van der Waals surface area contributed by atoms with Crippen LogP contribution in [0.2, 0.25) is 0 Å². The molecule has 1 N–H and O–H groups in total. The van der Waals surface area contributed by atoms with Gasteiger partial charge >= 0.3 is 0 Å². The number of hydrogen-bond donors (Lipinski definition) is 1. The molecule has 1 aromatic rings. The third-order valence-electron chi connectivity index (χ3n) is 3.97. The van der Waals surface area contributed by atoms with E-state index in [0.29, 0.717) is 6.04 Å². The van der Waals surface area contributed by atoms with Crippen LogP contribution in [0.15, 0.2) is 18.3 Å². The largest absolute Gasteiger partial charge is 0.370 e. The predicted octanol–water partition coefficient (Wildman–Crippen LogP) is 3.38. The summed E-state index contributed by atoms with van der Waals surface area (Å²) in [5.41, 5.74) is 2.45. The maximum atomic E-state index is 4.67. The van der Waals surface area contributed by atoms with Gasteiger partial charge in [-0.05, 0) is 43.9 Å². The fraction of sp³-hybridized carbons (Fsp3) is 0.688. The van der Waals surface area contributed by atoms with Gasteiger partial charge in [-0.2, -0.15) is 0 Å². The summed E-state index contributed by atoms with van der Waals surface area (Å²) in [6.45, 7) is 10.1. The van der Waals surface area contributed by atoms with Gasteiger partial charge in [0.05, 0.1) is 17.6 Å². The first-order valence-corrected chi connectivity index (χ1v) is 7.68. The highest BCUT2D eigenvalue weighted by Crippen LogP contribution is 2.24. The van der Waals surface area contributed by atoms with Crippen molar-refractivity contribution in [2.24, 2.45) is 5.92 Å². The lowest BCUT2D eigenvalue weighted by molar-refractivity contribution is 0.507. The number of aromatic nitrogens is 1. The lowest BCUT2D eigenvalue weighted by Crippen LogP contribution is -2.23. The van der Waals surface area contributed by atoms with Crippen LogP contribution in [0.3, 0.4) is 0 Å². The SMILES string of the molecule is CCCNC(CC)c1ccc(N2CCC(C)C2)cn1. The van der Waals surface area contributed by atoms with E-state index in [9.17, 15) is 0 Å². The molecule has 0 saturated carbocycles. The Balaban J connectivity index is 2.00. The van der Waals surface area contributed by atoms with Crippen molar-refractivity contribution in [2.75, 3.05) is 24.5 Å². The maximum absolute atomic E-state index is 4.67. The zero-order chi connectivity index (χ0) is 13.7. The van der Waals surface area contributed by atoms with E-state index in [2.05, 4.69) is 48.1 Å². The number of hydrogen-bond acceptors (Lipinski definition) is 3. The molecule has 0 bridgehead atoms. The first-order valence-electron chi connectivity index (χ1n) is 7.68. The Morgan fingerprint density at radius 3 is 2.79 bits per heavy atom. The fourth-order valence-corrected chi connectivity index (χ4v) is 2.74. The van der Waals surface area contributed by atoms with E-state index in [-0.39, 0.29) is 0 Å². The molecule has 0 aliphatic carbocycles. The molecular weight excluding hydrogens is 234 g/mol. The third kappa shape index (κ3) is 3.69. The molecule has 0 aromatic carbocycles. The summed E-state index contributed by atoms with van der Waals surface area (Å²) in [7, 11) is 0. The van der Waals surface area contributed by atoms with Crippen molar-refractivity contribution < 1.29 is 0 Å². The fourth-order valence-electron chi connectivity index (χ4n) is 2.74. The summed E-state index contributed by atoms with van der Waals surface area (Å²) in [6, 6.07) is 4.82. The molecule has 1 saturated heterocycles. The van der Waals surface area contributed by atoms with E-state index < -0.39 is 0 Å². The summed E-state index contributed by atoms with van der Waals surface area (Å²) < 4.78 is 0. The van der Waals surface area contributed by atoms with Gasteiger partial charge in [-0.25, -0.2) is 0 Å². The van der Waals surface area contributed by atoms with Crippen molar-refractivity contribution in [3.63, 3.8) is 0 Å². The topological polar surface area (TPSA) is 28.2 Å². The average Bonchev–Trinajstić information content (AvgIpc) is 2.87. The molecule has 2 unspecified atom stereocenters. The lowest BCUT2D eigenvalue weighted by atomic mass is 10.1. The zero-order valence-electron chi connectivity index (χ0n) is 12.5. The molecule has 19 heavy (non-hydrogen) atoms. The molecule has 2 heterocycles.